The lowest BCUT2D eigenvalue weighted by atomic mass is 9.81. The summed E-state index contributed by atoms with van der Waals surface area (Å²) in [6, 6.07) is 3.64. The molecule has 1 aromatic carbocycles. The average molecular weight is 347 g/mol. The number of benzene rings is 1. The second-order valence-corrected chi connectivity index (χ2v) is 6.07. The van der Waals surface area contributed by atoms with Crippen LogP contribution in [-0.2, 0) is 14.3 Å². The van der Waals surface area contributed by atoms with E-state index in [1.165, 1.54) is 12.1 Å². The number of rotatable bonds is 2. The zero-order valence-corrected chi connectivity index (χ0v) is 12.8. The maximum absolute atomic E-state index is 14.3. The van der Waals surface area contributed by atoms with Crippen molar-refractivity contribution >= 4 is 11.6 Å². The van der Waals surface area contributed by atoms with Crippen LogP contribution in [0.25, 0.3) is 0 Å². The minimum Gasteiger partial charge on any atom is -0.348 e. The molecule has 1 amide bonds. The van der Waals surface area contributed by atoms with Gasteiger partial charge in [0, 0.05) is 18.5 Å². The molecule has 1 N–H and O–H groups in total. The van der Waals surface area contributed by atoms with Gasteiger partial charge in [-0.3, -0.25) is 4.79 Å². The minimum atomic E-state index is -5.01. The quantitative estimate of drug-likeness (QED) is 0.830. The van der Waals surface area contributed by atoms with E-state index in [4.69, 9.17) is 9.47 Å². The highest BCUT2D eigenvalue weighted by Crippen LogP contribution is 2.43. The third-order valence-electron chi connectivity index (χ3n) is 4.52. The molecule has 2 aliphatic rings. The molecule has 1 aromatic rings. The SMILES string of the molecule is O=C(Nc1ccc(C2CCC3(CC2)OCCO3)c(F)c1)C(F)(F)F. The third kappa shape index (κ3) is 3.54. The molecule has 132 valence electrons. The molecule has 1 saturated carbocycles. The van der Waals surface area contributed by atoms with E-state index in [1.54, 1.807) is 5.32 Å². The van der Waals surface area contributed by atoms with Crippen molar-refractivity contribution in [1.29, 1.82) is 0 Å². The number of halogens is 4. The first-order valence-electron chi connectivity index (χ1n) is 7.75. The fourth-order valence-corrected chi connectivity index (χ4v) is 3.29. The minimum absolute atomic E-state index is 0.0456. The first kappa shape index (κ1) is 17.2. The van der Waals surface area contributed by atoms with Gasteiger partial charge in [0.15, 0.2) is 5.79 Å². The largest absolute Gasteiger partial charge is 0.471 e. The smallest absolute Gasteiger partial charge is 0.348 e. The van der Waals surface area contributed by atoms with Crippen LogP contribution in [0.1, 0.15) is 37.2 Å². The van der Waals surface area contributed by atoms with E-state index < -0.39 is 23.7 Å². The first-order valence-corrected chi connectivity index (χ1v) is 7.75. The van der Waals surface area contributed by atoms with Crippen LogP contribution in [0.2, 0.25) is 0 Å². The molecule has 0 aromatic heterocycles. The van der Waals surface area contributed by atoms with Crippen LogP contribution >= 0.6 is 0 Å². The summed E-state index contributed by atoms with van der Waals surface area (Å²) in [4.78, 5) is 10.9. The van der Waals surface area contributed by atoms with Crippen molar-refractivity contribution in [2.24, 2.45) is 0 Å². The highest BCUT2D eigenvalue weighted by Gasteiger charge is 2.41. The molecule has 3 rings (SSSR count). The summed E-state index contributed by atoms with van der Waals surface area (Å²) in [5.74, 6) is -3.34. The Labute approximate surface area is 136 Å². The van der Waals surface area contributed by atoms with Crippen LogP contribution in [0, 0.1) is 5.82 Å². The summed E-state index contributed by atoms with van der Waals surface area (Å²) < 4.78 is 62.2. The highest BCUT2D eigenvalue weighted by molar-refractivity contribution is 5.94. The molecule has 0 unspecified atom stereocenters. The fraction of sp³-hybridized carbons (Fsp3) is 0.562. The molecule has 0 atom stereocenters. The topological polar surface area (TPSA) is 47.6 Å². The second kappa shape index (κ2) is 6.33. The molecule has 4 nitrogen and oxygen atoms in total. The van der Waals surface area contributed by atoms with Crippen molar-refractivity contribution in [2.75, 3.05) is 18.5 Å². The van der Waals surface area contributed by atoms with Crippen molar-refractivity contribution < 1.29 is 31.8 Å². The molecule has 2 fully saturated rings. The molecule has 0 radical (unpaired) electrons. The summed E-state index contributed by atoms with van der Waals surface area (Å²) in [5, 5.41) is 1.65. The van der Waals surface area contributed by atoms with Gasteiger partial charge in [-0.05, 0) is 36.5 Å². The van der Waals surface area contributed by atoms with Crippen molar-refractivity contribution in [1.82, 2.24) is 0 Å². The van der Waals surface area contributed by atoms with Gasteiger partial charge < -0.3 is 14.8 Å². The van der Waals surface area contributed by atoms with E-state index in [-0.39, 0.29) is 11.6 Å². The standard InChI is InChI=1S/C16H17F4NO3/c17-13-9-11(21-14(22)16(18,19)20)1-2-12(13)10-3-5-15(6-4-10)23-7-8-24-15/h1-2,9-10H,3-8H2,(H,21,22). The van der Waals surface area contributed by atoms with Crippen LogP contribution in [0.5, 0.6) is 0 Å². The van der Waals surface area contributed by atoms with Gasteiger partial charge in [0.1, 0.15) is 5.82 Å². The van der Waals surface area contributed by atoms with Crippen molar-refractivity contribution in [3.8, 4) is 0 Å². The number of nitrogens with one attached hydrogen (secondary N) is 1. The number of hydrogen-bond donors (Lipinski definition) is 1. The lowest BCUT2D eigenvalue weighted by Crippen LogP contribution is -2.34. The Kier molecular flexibility index (Phi) is 4.52. The molecule has 1 aliphatic carbocycles. The van der Waals surface area contributed by atoms with Crippen LogP contribution in [0.3, 0.4) is 0 Å². The Balaban J connectivity index is 1.66. The number of anilines is 1. The normalized spacial score (nSPS) is 21.2. The van der Waals surface area contributed by atoms with E-state index in [1.807, 2.05) is 0 Å². The van der Waals surface area contributed by atoms with Crippen LogP contribution < -0.4 is 5.32 Å². The fourth-order valence-electron chi connectivity index (χ4n) is 3.29. The van der Waals surface area contributed by atoms with E-state index in [0.29, 0.717) is 44.5 Å². The summed E-state index contributed by atoms with van der Waals surface area (Å²) in [7, 11) is 0. The summed E-state index contributed by atoms with van der Waals surface area (Å²) in [6.07, 6.45) is -2.35. The van der Waals surface area contributed by atoms with Gasteiger partial charge in [-0.2, -0.15) is 13.2 Å². The van der Waals surface area contributed by atoms with Crippen molar-refractivity contribution in [3.63, 3.8) is 0 Å². The predicted octanol–water partition coefficient (Wildman–Crippen LogP) is 3.73. The van der Waals surface area contributed by atoms with Gasteiger partial charge in [0.2, 0.25) is 0 Å². The van der Waals surface area contributed by atoms with E-state index in [2.05, 4.69) is 0 Å². The maximum Gasteiger partial charge on any atom is 0.471 e. The summed E-state index contributed by atoms with van der Waals surface area (Å²) >= 11 is 0. The van der Waals surface area contributed by atoms with Gasteiger partial charge in [-0.25, -0.2) is 4.39 Å². The van der Waals surface area contributed by atoms with E-state index >= 15 is 0 Å². The number of hydrogen-bond acceptors (Lipinski definition) is 3. The lowest BCUT2D eigenvalue weighted by molar-refractivity contribution is -0.178. The molecule has 24 heavy (non-hydrogen) atoms. The van der Waals surface area contributed by atoms with E-state index in [0.717, 1.165) is 6.07 Å². The number of ether oxygens (including phenoxy) is 2. The molecular weight excluding hydrogens is 330 g/mol. The van der Waals surface area contributed by atoms with Crippen LogP contribution in [0.4, 0.5) is 23.2 Å². The molecule has 1 heterocycles. The van der Waals surface area contributed by atoms with Gasteiger partial charge in [-0.1, -0.05) is 6.07 Å². The number of alkyl halides is 3. The zero-order valence-electron chi connectivity index (χ0n) is 12.8. The Morgan fingerprint density at radius 1 is 1.17 bits per heavy atom. The molecule has 0 bridgehead atoms. The van der Waals surface area contributed by atoms with Crippen molar-refractivity contribution in [3.05, 3.63) is 29.6 Å². The Hall–Kier alpha value is -1.67. The second-order valence-electron chi connectivity index (χ2n) is 6.07. The predicted molar refractivity (Wildman–Crippen MR) is 76.9 cm³/mol. The first-order chi connectivity index (χ1) is 11.3. The Morgan fingerprint density at radius 3 is 2.33 bits per heavy atom. The van der Waals surface area contributed by atoms with Gasteiger partial charge >= 0.3 is 12.1 Å². The summed E-state index contributed by atoms with van der Waals surface area (Å²) in [6.45, 7) is 1.12. The van der Waals surface area contributed by atoms with Crippen molar-refractivity contribution in [2.45, 2.75) is 43.6 Å². The molecule has 1 saturated heterocycles. The number of carbonyl (C=O) groups excluding carboxylic acids is 1. The molecular formula is C16H17F4NO3. The van der Waals surface area contributed by atoms with Gasteiger partial charge in [-0.15, -0.1) is 0 Å². The zero-order chi connectivity index (χ0) is 17.4. The maximum atomic E-state index is 14.3. The van der Waals surface area contributed by atoms with Crippen LogP contribution in [0.15, 0.2) is 18.2 Å². The van der Waals surface area contributed by atoms with Crippen LogP contribution in [-0.4, -0.2) is 31.1 Å². The van der Waals surface area contributed by atoms with Gasteiger partial charge in [0.25, 0.3) is 0 Å². The summed E-state index contributed by atoms with van der Waals surface area (Å²) in [5.41, 5.74) is 0.223. The van der Waals surface area contributed by atoms with Gasteiger partial charge in [0.05, 0.1) is 13.2 Å². The number of amides is 1. The average Bonchev–Trinajstić information content (AvgIpc) is 2.96. The lowest BCUT2D eigenvalue weighted by Gasteiger charge is -2.35. The third-order valence-corrected chi connectivity index (χ3v) is 4.52. The Bertz CT molecular complexity index is 616. The Morgan fingerprint density at radius 2 is 1.79 bits per heavy atom. The van der Waals surface area contributed by atoms with E-state index in [9.17, 15) is 22.4 Å². The monoisotopic (exact) mass is 347 g/mol. The molecule has 8 heteroatoms. The highest BCUT2D eigenvalue weighted by atomic mass is 19.4. The number of carbonyl (C=O) groups is 1. The molecule has 1 spiro atoms. The molecule has 1 aliphatic heterocycles.